The third kappa shape index (κ3) is 2.92. The van der Waals surface area contributed by atoms with Gasteiger partial charge in [0.15, 0.2) is 5.78 Å². The molecule has 0 saturated carbocycles. The fraction of sp³-hybridized carbons (Fsp3) is 0.143. The molecule has 0 aliphatic carbocycles. The Morgan fingerprint density at radius 2 is 1.94 bits per heavy atom. The summed E-state index contributed by atoms with van der Waals surface area (Å²) in [5.74, 6) is 0.0289. The van der Waals surface area contributed by atoms with E-state index in [9.17, 15) is 4.79 Å². The van der Waals surface area contributed by atoms with E-state index in [2.05, 4.69) is 4.98 Å². The zero-order valence-electron chi connectivity index (χ0n) is 9.48. The van der Waals surface area contributed by atoms with Crippen LogP contribution in [0.2, 0.25) is 5.02 Å². The van der Waals surface area contributed by atoms with Crippen molar-refractivity contribution in [3.05, 3.63) is 64.4 Å². The van der Waals surface area contributed by atoms with E-state index in [1.165, 1.54) is 0 Å². The van der Waals surface area contributed by atoms with Gasteiger partial charge in [0.1, 0.15) is 0 Å². The van der Waals surface area contributed by atoms with E-state index in [-0.39, 0.29) is 5.78 Å². The molecule has 0 spiro atoms. The first-order chi connectivity index (χ1) is 8.16. The highest BCUT2D eigenvalue weighted by Crippen LogP contribution is 2.19. The number of pyridine rings is 1. The predicted molar refractivity (Wildman–Crippen MR) is 68.5 cm³/mol. The van der Waals surface area contributed by atoms with Crippen molar-refractivity contribution in [2.75, 3.05) is 0 Å². The van der Waals surface area contributed by atoms with Gasteiger partial charge in [0.25, 0.3) is 0 Å². The number of ketones is 1. The maximum Gasteiger partial charge on any atom is 0.168 e. The van der Waals surface area contributed by atoms with Crippen molar-refractivity contribution in [1.29, 1.82) is 0 Å². The van der Waals surface area contributed by atoms with Crippen molar-refractivity contribution in [2.24, 2.45) is 0 Å². The van der Waals surface area contributed by atoms with Gasteiger partial charge in [-0.15, -0.1) is 0 Å². The smallest absolute Gasteiger partial charge is 0.168 e. The minimum Gasteiger partial charge on any atom is -0.294 e. The molecule has 1 heterocycles. The lowest BCUT2D eigenvalue weighted by Crippen LogP contribution is -2.04. The van der Waals surface area contributed by atoms with Crippen molar-refractivity contribution in [1.82, 2.24) is 4.98 Å². The fourth-order valence-corrected chi connectivity index (χ4v) is 1.97. The molecule has 86 valence electrons. The molecular weight excluding hydrogens is 234 g/mol. The Balaban J connectivity index is 2.21. The van der Waals surface area contributed by atoms with E-state index >= 15 is 0 Å². The number of hydrogen-bond donors (Lipinski definition) is 0. The fourth-order valence-electron chi connectivity index (χ4n) is 1.63. The van der Waals surface area contributed by atoms with E-state index in [1.54, 1.807) is 24.5 Å². The molecule has 2 nitrogen and oxygen atoms in total. The Kier molecular flexibility index (Phi) is 3.55. The molecule has 0 radical (unpaired) electrons. The summed E-state index contributed by atoms with van der Waals surface area (Å²) in [7, 11) is 0. The van der Waals surface area contributed by atoms with Crippen LogP contribution in [0.15, 0.2) is 42.7 Å². The van der Waals surface area contributed by atoms with Gasteiger partial charge in [0.2, 0.25) is 0 Å². The lowest BCUT2D eigenvalue weighted by Gasteiger charge is -2.04. The first-order valence-electron chi connectivity index (χ1n) is 5.35. The largest absolute Gasteiger partial charge is 0.294 e. The van der Waals surface area contributed by atoms with Gasteiger partial charge >= 0.3 is 0 Å². The zero-order valence-corrected chi connectivity index (χ0v) is 10.2. The number of halogens is 1. The topological polar surface area (TPSA) is 30.0 Å². The number of benzene rings is 1. The first kappa shape index (κ1) is 11.8. The molecule has 3 heteroatoms. The van der Waals surface area contributed by atoms with Gasteiger partial charge in [-0.3, -0.25) is 9.78 Å². The molecule has 0 amide bonds. The summed E-state index contributed by atoms with van der Waals surface area (Å²) in [5.41, 5.74) is 2.58. The Hall–Kier alpha value is -1.67. The van der Waals surface area contributed by atoms with Gasteiger partial charge in [-0.1, -0.05) is 17.7 Å². The highest BCUT2D eigenvalue weighted by Gasteiger charge is 2.10. The van der Waals surface area contributed by atoms with Crippen LogP contribution in [0.5, 0.6) is 0 Å². The molecule has 0 saturated heterocycles. The van der Waals surface area contributed by atoms with Gasteiger partial charge < -0.3 is 0 Å². The molecular formula is C14H12ClNO. The Morgan fingerprint density at radius 3 is 2.59 bits per heavy atom. The van der Waals surface area contributed by atoms with E-state index in [0.29, 0.717) is 17.0 Å². The average Bonchev–Trinajstić information content (AvgIpc) is 2.30. The number of aryl methyl sites for hydroxylation is 1. The second kappa shape index (κ2) is 5.11. The number of hydrogen-bond acceptors (Lipinski definition) is 2. The molecule has 17 heavy (non-hydrogen) atoms. The minimum atomic E-state index is 0.0289. The highest BCUT2D eigenvalue weighted by molar-refractivity contribution is 6.34. The summed E-state index contributed by atoms with van der Waals surface area (Å²) in [6.45, 7) is 1.95. The Morgan fingerprint density at radius 1 is 1.24 bits per heavy atom. The highest BCUT2D eigenvalue weighted by atomic mass is 35.5. The predicted octanol–water partition coefficient (Wildman–Crippen LogP) is 3.47. The average molecular weight is 246 g/mol. The number of rotatable bonds is 3. The third-order valence-electron chi connectivity index (χ3n) is 2.54. The number of carbonyl (C=O) groups excluding carboxylic acids is 1. The molecule has 0 bridgehead atoms. The van der Waals surface area contributed by atoms with Crippen LogP contribution in [0, 0.1) is 6.92 Å². The zero-order chi connectivity index (χ0) is 12.3. The molecule has 2 aromatic rings. The summed E-state index contributed by atoms with van der Waals surface area (Å²) in [6.07, 6.45) is 3.71. The summed E-state index contributed by atoms with van der Waals surface area (Å²) >= 11 is 6.06. The van der Waals surface area contributed by atoms with E-state index in [4.69, 9.17) is 11.6 Å². The maximum absolute atomic E-state index is 12.0. The summed E-state index contributed by atoms with van der Waals surface area (Å²) < 4.78 is 0. The quantitative estimate of drug-likeness (QED) is 0.775. The van der Waals surface area contributed by atoms with Crippen LogP contribution in [-0.4, -0.2) is 10.8 Å². The minimum absolute atomic E-state index is 0.0289. The number of Topliss-reactive ketones (excluding diaryl/α,β-unsaturated/α-hetero) is 1. The molecule has 0 aliphatic rings. The van der Waals surface area contributed by atoms with Gasteiger partial charge in [0, 0.05) is 24.4 Å². The second-order valence-electron chi connectivity index (χ2n) is 3.94. The monoisotopic (exact) mass is 245 g/mol. The van der Waals surface area contributed by atoms with Crippen LogP contribution in [0.1, 0.15) is 21.5 Å². The second-order valence-corrected chi connectivity index (χ2v) is 4.35. The van der Waals surface area contributed by atoms with Gasteiger partial charge in [0.05, 0.1) is 5.02 Å². The summed E-state index contributed by atoms with van der Waals surface area (Å²) in [5, 5.41) is 0.518. The molecule has 0 N–H and O–H groups in total. The summed E-state index contributed by atoms with van der Waals surface area (Å²) in [4.78, 5) is 16.0. The SMILES string of the molecule is Cc1ccc(C(=O)Cc2ccncc2)c(Cl)c1. The third-order valence-corrected chi connectivity index (χ3v) is 2.85. The van der Waals surface area contributed by atoms with Crippen molar-refractivity contribution in [3.63, 3.8) is 0 Å². The van der Waals surface area contributed by atoms with Crippen LogP contribution in [0.3, 0.4) is 0 Å². The molecule has 2 rings (SSSR count). The first-order valence-corrected chi connectivity index (χ1v) is 5.73. The Labute approximate surface area is 105 Å². The van der Waals surface area contributed by atoms with E-state index < -0.39 is 0 Å². The van der Waals surface area contributed by atoms with Gasteiger partial charge in [-0.05, 0) is 42.3 Å². The maximum atomic E-state index is 12.0. The van der Waals surface area contributed by atoms with Crippen LogP contribution in [0.4, 0.5) is 0 Å². The van der Waals surface area contributed by atoms with Crippen LogP contribution in [-0.2, 0) is 6.42 Å². The standard InChI is InChI=1S/C14H12ClNO/c1-10-2-3-12(13(15)8-10)14(17)9-11-4-6-16-7-5-11/h2-8H,9H2,1H3. The van der Waals surface area contributed by atoms with Crippen molar-refractivity contribution < 1.29 is 4.79 Å². The molecule has 1 aromatic carbocycles. The van der Waals surface area contributed by atoms with Gasteiger partial charge in [-0.25, -0.2) is 0 Å². The van der Waals surface area contributed by atoms with Crippen molar-refractivity contribution in [2.45, 2.75) is 13.3 Å². The lowest BCUT2D eigenvalue weighted by molar-refractivity contribution is 0.0993. The molecule has 1 aromatic heterocycles. The van der Waals surface area contributed by atoms with E-state index in [0.717, 1.165) is 11.1 Å². The van der Waals surface area contributed by atoms with Crippen LogP contribution in [0.25, 0.3) is 0 Å². The molecule has 0 unspecified atom stereocenters. The number of carbonyl (C=O) groups is 1. The van der Waals surface area contributed by atoms with Crippen LogP contribution < -0.4 is 0 Å². The number of nitrogens with zero attached hydrogens (tertiary/aromatic N) is 1. The van der Waals surface area contributed by atoms with Crippen molar-refractivity contribution >= 4 is 17.4 Å². The lowest BCUT2D eigenvalue weighted by atomic mass is 10.0. The Bertz CT molecular complexity index is 537. The molecule has 0 atom stereocenters. The summed E-state index contributed by atoms with van der Waals surface area (Å²) in [6, 6.07) is 9.15. The van der Waals surface area contributed by atoms with Crippen LogP contribution >= 0.6 is 11.6 Å². The van der Waals surface area contributed by atoms with Crippen molar-refractivity contribution in [3.8, 4) is 0 Å². The van der Waals surface area contributed by atoms with Gasteiger partial charge in [-0.2, -0.15) is 0 Å². The van der Waals surface area contributed by atoms with E-state index in [1.807, 2.05) is 25.1 Å². The normalized spacial score (nSPS) is 10.2. The number of aromatic nitrogens is 1. The molecule has 0 fully saturated rings. The molecule has 0 aliphatic heterocycles.